The van der Waals surface area contributed by atoms with Crippen LogP contribution < -0.4 is 14.6 Å². The number of hydrogen-bond donors (Lipinski definition) is 0. The maximum absolute atomic E-state index is 10.4. The van der Waals surface area contributed by atoms with Gasteiger partial charge in [0.2, 0.25) is 0 Å². The number of methoxy groups -OCH3 is 2. The van der Waals surface area contributed by atoms with Gasteiger partial charge in [0.05, 0.1) is 20.2 Å². The van der Waals surface area contributed by atoms with Crippen molar-refractivity contribution >= 4 is 12.0 Å². The Balaban J connectivity index is 2.97. The zero-order chi connectivity index (χ0) is 13.5. The Hall–Kier alpha value is -2.23. The second-order valence-electron chi connectivity index (χ2n) is 3.65. The van der Waals surface area contributed by atoms with Gasteiger partial charge in [-0.1, -0.05) is 12.2 Å². The molecule has 0 bridgehead atoms. The summed E-state index contributed by atoms with van der Waals surface area (Å²) in [6.07, 6.45) is 4.49. The SMILES string of the molecule is COc1ccc(/C=C/C(C)=C\C(=O)[O-])c(OC)c1. The Labute approximate surface area is 106 Å². The molecule has 1 rings (SSSR count). The molecule has 4 nitrogen and oxygen atoms in total. The van der Waals surface area contributed by atoms with Crippen molar-refractivity contribution in [1.29, 1.82) is 0 Å². The largest absolute Gasteiger partial charge is 0.545 e. The van der Waals surface area contributed by atoms with Crippen LogP contribution in [0.3, 0.4) is 0 Å². The van der Waals surface area contributed by atoms with Crippen molar-refractivity contribution in [3.05, 3.63) is 41.5 Å². The number of aliphatic carboxylic acids is 1. The lowest BCUT2D eigenvalue weighted by atomic mass is 10.1. The van der Waals surface area contributed by atoms with E-state index in [2.05, 4.69) is 0 Å². The average Bonchev–Trinajstić information content (AvgIpc) is 2.35. The predicted octanol–water partition coefficient (Wildman–Crippen LogP) is 1.41. The summed E-state index contributed by atoms with van der Waals surface area (Å²) < 4.78 is 10.3. The molecular weight excluding hydrogens is 232 g/mol. The van der Waals surface area contributed by atoms with Gasteiger partial charge >= 0.3 is 0 Å². The predicted molar refractivity (Wildman–Crippen MR) is 67.3 cm³/mol. The van der Waals surface area contributed by atoms with Crippen molar-refractivity contribution in [1.82, 2.24) is 0 Å². The van der Waals surface area contributed by atoms with Crippen LogP contribution in [0.1, 0.15) is 12.5 Å². The number of carboxylic acids is 1. The fourth-order valence-electron chi connectivity index (χ4n) is 1.41. The fourth-order valence-corrected chi connectivity index (χ4v) is 1.41. The van der Waals surface area contributed by atoms with Gasteiger partial charge in [-0.2, -0.15) is 0 Å². The Morgan fingerprint density at radius 1 is 1.28 bits per heavy atom. The molecule has 0 heterocycles. The lowest BCUT2D eigenvalue weighted by Gasteiger charge is -2.07. The van der Waals surface area contributed by atoms with E-state index in [9.17, 15) is 9.90 Å². The minimum absolute atomic E-state index is 0.591. The Morgan fingerprint density at radius 2 is 2.00 bits per heavy atom. The van der Waals surface area contributed by atoms with Gasteiger partial charge in [-0.3, -0.25) is 0 Å². The highest BCUT2D eigenvalue weighted by atomic mass is 16.5. The number of carbonyl (C=O) groups is 1. The topological polar surface area (TPSA) is 58.6 Å². The van der Waals surface area contributed by atoms with Crippen LogP contribution in [-0.4, -0.2) is 20.2 Å². The van der Waals surface area contributed by atoms with E-state index >= 15 is 0 Å². The third-order valence-electron chi connectivity index (χ3n) is 2.31. The number of ether oxygens (including phenoxy) is 2. The summed E-state index contributed by atoms with van der Waals surface area (Å²) in [5.41, 5.74) is 1.43. The van der Waals surface area contributed by atoms with Crippen LogP contribution in [0.15, 0.2) is 35.9 Å². The van der Waals surface area contributed by atoms with E-state index < -0.39 is 5.97 Å². The molecule has 4 heteroatoms. The number of rotatable bonds is 5. The first-order valence-electron chi connectivity index (χ1n) is 5.36. The van der Waals surface area contributed by atoms with Crippen LogP contribution in [-0.2, 0) is 4.79 Å². The summed E-state index contributed by atoms with van der Waals surface area (Å²) in [4.78, 5) is 10.4. The van der Waals surface area contributed by atoms with E-state index in [-0.39, 0.29) is 0 Å². The van der Waals surface area contributed by atoms with Gasteiger partial charge in [0.25, 0.3) is 0 Å². The number of carboxylic acid groups (broad SMARTS) is 1. The van der Waals surface area contributed by atoms with E-state index in [1.165, 1.54) is 0 Å². The molecule has 0 saturated carbocycles. The van der Waals surface area contributed by atoms with E-state index in [1.54, 1.807) is 45.4 Å². The van der Waals surface area contributed by atoms with Gasteiger partial charge in [0.15, 0.2) is 0 Å². The highest BCUT2D eigenvalue weighted by Gasteiger charge is 2.01. The third-order valence-corrected chi connectivity index (χ3v) is 2.31. The highest BCUT2D eigenvalue weighted by Crippen LogP contribution is 2.25. The normalized spacial score (nSPS) is 11.6. The van der Waals surface area contributed by atoms with Gasteiger partial charge in [0, 0.05) is 11.6 Å². The van der Waals surface area contributed by atoms with Crippen LogP contribution >= 0.6 is 0 Å². The lowest BCUT2D eigenvalue weighted by molar-refractivity contribution is -0.297. The van der Waals surface area contributed by atoms with Gasteiger partial charge in [-0.25, -0.2) is 0 Å². The first-order chi connectivity index (χ1) is 8.56. The van der Waals surface area contributed by atoms with Crippen molar-refractivity contribution in [3.8, 4) is 11.5 Å². The van der Waals surface area contributed by atoms with E-state index in [0.717, 1.165) is 11.6 Å². The Bertz CT molecular complexity index is 487. The van der Waals surface area contributed by atoms with Crippen LogP contribution in [0.4, 0.5) is 0 Å². The first kappa shape index (κ1) is 13.8. The number of hydrogen-bond acceptors (Lipinski definition) is 4. The minimum Gasteiger partial charge on any atom is -0.545 e. The molecular formula is C14H15O4-. The molecule has 0 aliphatic heterocycles. The van der Waals surface area contributed by atoms with Gasteiger partial charge in [-0.05, 0) is 30.7 Å². The van der Waals surface area contributed by atoms with Crippen LogP contribution in [0.2, 0.25) is 0 Å². The molecule has 0 spiro atoms. The quantitative estimate of drug-likeness (QED) is 0.583. The molecule has 0 aliphatic rings. The molecule has 0 radical (unpaired) electrons. The average molecular weight is 247 g/mol. The van der Waals surface area contributed by atoms with Crippen molar-refractivity contribution in [2.45, 2.75) is 6.92 Å². The third kappa shape index (κ3) is 3.97. The van der Waals surface area contributed by atoms with E-state index in [4.69, 9.17) is 9.47 Å². The summed E-state index contributed by atoms with van der Waals surface area (Å²) in [7, 11) is 3.15. The molecule has 0 unspecified atom stereocenters. The standard InChI is InChI=1S/C14H16O4/c1-10(8-14(15)16)4-5-11-6-7-12(17-2)9-13(11)18-3/h4-9H,1-3H3,(H,15,16)/p-1/b5-4+,10-8-. The summed E-state index contributed by atoms with van der Waals surface area (Å²) >= 11 is 0. The van der Waals surface area contributed by atoms with Crippen molar-refractivity contribution in [3.63, 3.8) is 0 Å². The molecule has 1 aromatic rings. The minimum atomic E-state index is -1.21. The van der Waals surface area contributed by atoms with Gasteiger partial charge in [0.1, 0.15) is 11.5 Å². The second-order valence-corrected chi connectivity index (χ2v) is 3.65. The van der Waals surface area contributed by atoms with E-state index in [1.807, 2.05) is 6.07 Å². The van der Waals surface area contributed by atoms with Crippen molar-refractivity contribution in [2.75, 3.05) is 14.2 Å². The van der Waals surface area contributed by atoms with Crippen LogP contribution in [0.25, 0.3) is 6.08 Å². The number of allylic oxidation sites excluding steroid dienone is 2. The van der Waals surface area contributed by atoms with Gasteiger partial charge < -0.3 is 19.4 Å². The van der Waals surface area contributed by atoms with E-state index in [0.29, 0.717) is 17.1 Å². The summed E-state index contributed by atoms with van der Waals surface area (Å²) in [6.45, 7) is 1.68. The molecule has 0 atom stereocenters. The zero-order valence-corrected chi connectivity index (χ0v) is 10.6. The summed E-state index contributed by atoms with van der Waals surface area (Å²) in [5, 5.41) is 10.4. The molecule has 0 N–H and O–H groups in total. The molecule has 1 aromatic carbocycles. The molecule has 0 saturated heterocycles. The maximum atomic E-state index is 10.4. The Kier molecular flexibility index (Phi) is 4.99. The van der Waals surface area contributed by atoms with Crippen LogP contribution in [0.5, 0.6) is 11.5 Å². The maximum Gasteiger partial charge on any atom is 0.129 e. The molecule has 0 aromatic heterocycles. The Morgan fingerprint density at radius 3 is 2.56 bits per heavy atom. The fraction of sp³-hybridized carbons (Fsp3) is 0.214. The van der Waals surface area contributed by atoms with Gasteiger partial charge in [-0.15, -0.1) is 0 Å². The van der Waals surface area contributed by atoms with Crippen molar-refractivity contribution in [2.24, 2.45) is 0 Å². The highest BCUT2D eigenvalue weighted by molar-refractivity contribution is 5.79. The second kappa shape index (κ2) is 6.49. The summed E-state index contributed by atoms with van der Waals surface area (Å²) in [6, 6.07) is 5.40. The molecule has 0 aliphatic carbocycles. The summed E-state index contributed by atoms with van der Waals surface area (Å²) in [5.74, 6) is 0.150. The smallest absolute Gasteiger partial charge is 0.129 e. The molecule has 96 valence electrons. The molecule has 18 heavy (non-hydrogen) atoms. The lowest BCUT2D eigenvalue weighted by Crippen LogP contribution is -2.19. The number of benzene rings is 1. The molecule has 0 amide bonds. The number of carbonyl (C=O) groups excluding carboxylic acids is 1. The monoisotopic (exact) mass is 247 g/mol. The zero-order valence-electron chi connectivity index (χ0n) is 10.6. The van der Waals surface area contributed by atoms with Crippen molar-refractivity contribution < 1.29 is 19.4 Å². The first-order valence-corrected chi connectivity index (χ1v) is 5.36. The van der Waals surface area contributed by atoms with Crippen LogP contribution in [0, 0.1) is 0 Å². The molecule has 0 fully saturated rings.